The molecule has 6 rings (SSSR count). The molecule has 0 unspecified atom stereocenters. The molecule has 0 radical (unpaired) electrons. The normalized spacial score (nSPS) is 17.1. The lowest BCUT2D eigenvalue weighted by atomic mass is 9.95. The van der Waals surface area contributed by atoms with E-state index in [9.17, 15) is 4.79 Å². The number of nitrogens with zero attached hydrogens (tertiary/aromatic N) is 4. The van der Waals surface area contributed by atoms with Crippen LogP contribution in [0.2, 0.25) is 0 Å². The predicted molar refractivity (Wildman–Crippen MR) is 140 cm³/mol. The van der Waals surface area contributed by atoms with E-state index in [0.717, 1.165) is 71.1 Å². The van der Waals surface area contributed by atoms with Crippen LogP contribution in [0.5, 0.6) is 0 Å². The highest BCUT2D eigenvalue weighted by atomic mass is 16.5. The molecule has 2 N–H and O–H groups in total. The molecule has 8 nitrogen and oxygen atoms in total. The number of aryl methyl sites for hydroxylation is 1. The Balaban J connectivity index is 1.38. The molecule has 0 aliphatic carbocycles. The van der Waals surface area contributed by atoms with Crippen LogP contribution >= 0.6 is 0 Å². The Labute approximate surface area is 210 Å². The van der Waals surface area contributed by atoms with Crippen LogP contribution in [0.1, 0.15) is 45.1 Å². The van der Waals surface area contributed by atoms with E-state index in [1.807, 2.05) is 50.1 Å². The lowest BCUT2D eigenvalue weighted by Gasteiger charge is -2.19. The Hall–Kier alpha value is -3.75. The average Bonchev–Trinajstić information content (AvgIpc) is 3.60. The van der Waals surface area contributed by atoms with E-state index in [0.29, 0.717) is 18.0 Å². The standard InChI is InChI=1S/C28H30N6O2/c1-17-4-8-25-21(13-30-34(25)14-17)20-5-7-23(27-22(20)12-29-28(27)35)31-26-9-6-19(18-10-11-36-16-18)24(32-26)15-33(2)3/h4-9,13-14,18H,10-12,15-16H2,1-3H3,(H,29,35)(H,31,32)/t18-/m0/s1. The first-order valence-corrected chi connectivity index (χ1v) is 12.4. The molecular weight excluding hydrogens is 452 g/mol. The fourth-order valence-corrected chi connectivity index (χ4v) is 5.30. The van der Waals surface area contributed by atoms with Gasteiger partial charge in [-0.3, -0.25) is 4.79 Å². The Bertz CT molecular complexity index is 1470. The van der Waals surface area contributed by atoms with E-state index < -0.39 is 0 Å². The molecule has 0 bridgehead atoms. The molecule has 1 aromatic carbocycles. The van der Waals surface area contributed by atoms with Crippen molar-refractivity contribution in [2.24, 2.45) is 0 Å². The van der Waals surface area contributed by atoms with Gasteiger partial charge in [0.05, 0.1) is 35.3 Å². The molecule has 3 aromatic heterocycles. The molecule has 1 saturated heterocycles. The Morgan fingerprint density at radius 1 is 1.17 bits per heavy atom. The minimum Gasteiger partial charge on any atom is -0.381 e. The van der Waals surface area contributed by atoms with Crippen LogP contribution in [0.25, 0.3) is 16.6 Å². The Morgan fingerprint density at radius 3 is 2.86 bits per heavy atom. The first-order valence-electron chi connectivity index (χ1n) is 12.4. The van der Waals surface area contributed by atoms with Crippen molar-refractivity contribution in [2.75, 3.05) is 32.6 Å². The highest BCUT2D eigenvalue weighted by molar-refractivity contribution is 6.06. The SMILES string of the molecule is Cc1ccc2c(-c3ccc(Nc4ccc([C@H]5CCOC5)c(CN(C)C)n4)c4c3CNC4=O)cnn2c1. The number of hydrogen-bond donors (Lipinski definition) is 2. The van der Waals surface area contributed by atoms with Crippen LogP contribution in [0.3, 0.4) is 0 Å². The number of pyridine rings is 2. The van der Waals surface area contributed by atoms with Crippen LogP contribution < -0.4 is 10.6 Å². The zero-order chi connectivity index (χ0) is 24.8. The van der Waals surface area contributed by atoms with Crippen molar-refractivity contribution < 1.29 is 9.53 Å². The van der Waals surface area contributed by atoms with E-state index in [2.05, 4.69) is 44.9 Å². The van der Waals surface area contributed by atoms with Gasteiger partial charge in [-0.1, -0.05) is 18.2 Å². The molecule has 1 fully saturated rings. The summed E-state index contributed by atoms with van der Waals surface area (Å²) in [5, 5.41) is 11.0. The van der Waals surface area contributed by atoms with Crippen molar-refractivity contribution in [3.63, 3.8) is 0 Å². The van der Waals surface area contributed by atoms with Crippen molar-refractivity contribution in [1.29, 1.82) is 0 Å². The van der Waals surface area contributed by atoms with Crippen LogP contribution in [0.4, 0.5) is 11.5 Å². The summed E-state index contributed by atoms with van der Waals surface area (Å²) < 4.78 is 7.52. The number of aromatic nitrogens is 3. The number of benzene rings is 1. The van der Waals surface area contributed by atoms with Gasteiger partial charge in [0.25, 0.3) is 5.91 Å². The summed E-state index contributed by atoms with van der Waals surface area (Å²) in [5.74, 6) is 1.04. The van der Waals surface area contributed by atoms with Gasteiger partial charge in [0.2, 0.25) is 0 Å². The monoisotopic (exact) mass is 482 g/mol. The molecule has 0 spiro atoms. The van der Waals surface area contributed by atoms with E-state index in [-0.39, 0.29) is 5.91 Å². The number of carbonyl (C=O) groups is 1. The number of anilines is 2. The topological polar surface area (TPSA) is 83.8 Å². The summed E-state index contributed by atoms with van der Waals surface area (Å²) in [6.45, 7) is 4.82. The predicted octanol–water partition coefficient (Wildman–Crippen LogP) is 4.26. The Morgan fingerprint density at radius 2 is 2.06 bits per heavy atom. The minimum atomic E-state index is -0.0742. The lowest BCUT2D eigenvalue weighted by molar-refractivity contribution is 0.0966. The van der Waals surface area contributed by atoms with Crippen molar-refractivity contribution in [2.45, 2.75) is 32.4 Å². The molecule has 2 aliphatic rings. The smallest absolute Gasteiger partial charge is 0.254 e. The van der Waals surface area contributed by atoms with E-state index in [1.54, 1.807) is 0 Å². The maximum atomic E-state index is 12.9. The van der Waals surface area contributed by atoms with Crippen LogP contribution in [-0.2, 0) is 17.8 Å². The van der Waals surface area contributed by atoms with E-state index in [1.165, 1.54) is 5.56 Å². The summed E-state index contributed by atoms with van der Waals surface area (Å²) in [5.41, 5.74) is 8.90. The average molecular weight is 483 g/mol. The molecular formula is C28H30N6O2. The van der Waals surface area contributed by atoms with Crippen LogP contribution in [0, 0.1) is 6.92 Å². The van der Waals surface area contributed by atoms with Crippen molar-refractivity contribution >= 4 is 22.9 Å². The lowest BCUT2D eigenvalue weighted by Crippen LogP contribution is -2.16. The molecule has 184 valence electrons. The fraction of sp³-hybridized carbons (Fsp3) is 0.321. The second-order valence-corrected chi connectivity index (χ2v) is 9.95. The van der Waals surface area contributed by atoms with Gasteiger partial charge in [0.15, 0.2) is 0 Å². The number of ether oxygens (including phenoxy) is 1. The summed E-state index contributed by atoms with van der Waals surface area (Å²) in [6.07, 6.45) is 4.91. The van der Waals surface area contributed by atoms with Gasteiger partial charge < -0.3 is 20.3 Å². The molecule has 36 heavy (non-hydrogen) atoms. The molecule has 1 atom stereocenters. The molecule has 1 amide bonds. The summed E-state index contributed by atoms with van der Waals surface area (Å²) >= 11 is 0. The molecule has 5 heterocycles. The maximum Gasteiger partial charge on any atom is 0.254 e. The van der Waals surface area contributed by atoms with Crippen molar-refractivity contribution in [3.05, 3.63) is 76.7 Å². The third kappa shape index (κ3) is 4.02. The quantitative estimate of drug-likeness (QED) is 0.427. The maximum absolute atomic E-state index is 12.9. The van der Waals surface area contributed by atoms with E-state index in [4.69, 9.17) is 9.72 Å². The fourth-order valence-electron chi connectivity index (χ4n) is 5.30. The number of carbonyl (C=O) groups excluding carboxylic acids is 1. The van der Waals surface area contributed by atoms with Gasteiger partial charge in [-0.25, -0.2) is 9.50 Å². The molecule has 2 aliphatic heterocycles. The van der Waals surface area contributed by atoms with Crippen molar-refractivity contribution in [1.82, 2.24) is 24.8 Å². The van der Waals surface area contributed by atoms with Crippen molar-refractivity contribution in [3.8, 4) is 11.1 Å². The summed E-state index contributed by atoms with van der Waals surface area (Å²) in [6, 6.07) is 12.4. The third-order valence-electron chi connectivity index (χ3n) is 7.03. The zero-order valence-corrected chi connectivity index (χ0v) is 20.8. The van der Waals surface area contributed by atoms with Gasteiger partial charge in [-0.15, -0.1) is 0 Å². The number of amides is 1. The van der Waals surface area contributed by atoms with Gasteiger partial charge in [0.1, 0.15) is 5.82 Å². The summed E-state index contributed by atoms with van der Waals surface area (Å²) in [7, 11) is 4.10. The van der Waals surface area contributed by atoms with Crippen LogP contribution in [0.15, 0.2) is 48.8 Å². The zero-order valence-electron chi connectivity index (χ0n) is 20.8. The van der Waals surface area contributed by atoms with Gasteiger partial charge in [-0.05, 0) is 67.9 Å². The largest absolute Gasteiger partial charge is 0.381 e. The Kier molecular flexibility index (Phi) is 5.70. The second-order valence-electron chi connectivity index (χ2n) is 9.95. The summed E-state index contributed by atoms with van der Waals surface area (Å²) in [4.78, 5) is 20.0. The van der Waals surface area contributed by atoms with Crippen LogP contribution in [-0.4, -0.2) is 52.7 Å². The third-order valence-corrected chi connectivity index (χ3v) is 7.03. The van der Waals surface area contributed by atoms with Gasteiger partial charge in [0, 0.05) is 37.4 Å². The van der Waals surface area contributed by atoms with E-state index >= 15 is 0 Å². The number of hydrogen-bond acceptors (Lipinski definition) is 6. The highest BCUT2D eigenvalue weighted by Crippen LogP contribution is 2.37. The number of fused-ring (bicyclic) bond motifs is 2. The first kappa shape index (κ1) is 22.7. The molecule has 4 aromatic rings. The number of rotatable bonds is 6. The van der Waals surface area contributed by atoms with Gasteiger partial charge >= 0.3 is 0 Å². The molecule has 8 heteroatoms. The highest BCUT2D eigenvalue weighted by Gasteiger charge is 2.28. The minimum absolute atomic E-state index is 0.0742. The first-order chi connectivity index (χ1) is 17.5. The van der Waals surface area contributed by atoms with Gasteiger partial charge in [-0.2, -0.15) is 5.10 Å². The second kappa shape index (κ2) is 9.04. The number of nitrogens with one attached hydrogen (secondary N) is 2. The molecule has 0 saturated carbocycles.